The molecule has 0 N–H and O–H groups in total. The lowest BCUT2D eigenvalue weighted by Gasteiger charge is -2.26. The molecule has 2 aromatic rings. The molecule has 0 radical (unpaired) electrons. The SMILES string of the molecule is O=C(OCc1cccc(S(=O)(=O)N2CCOCC2)c1)c1ccccc1OCC1CCCO1. The number of hydrogen-bond acceptors (Lipinski definition) is 7. The first kappa shape index (κ1) is 22.7. The number of para-hydroxylation sites is 1. The summed E-state index contributed by atoms with van der Waals surface area (Å²) < 4.78 is 49.2. The second-order valence-corrected chi connectivity index (χ2v) is 9.62. The van der Waals surface area contributed by atoms with E-state index in [2.05, 4.69) is 0 Å². The predicted molar refractivity (Wildman–Crippen MR) is 116 cm³/mol. The van der Waals surface area contributed by atoms with Crippen molar-refractivity contribution < 1.29 is 32.2 Å². The minimum Gasteiger partial charge on any atom is -0.490 e. The van der Waals surface area contributed by atoms with E-state index in [-0.39, 0.29) is 17.6 Å². The molecule has 32 heavy (non-hydrogen) atoms. The largest absolute Gasteiger partial charge is 0.490 e. The van der Waals surface area contributed by atoms with Crippen LogP contribution in [0.5, 0.6) is 5.75 Å². The fraction of sp³-hybridized carbons (Fsp3) is 0.435. The average Bonchev–Trinajstić information content (AvgIpc) is 3.36. The molecular formula is C23H27NO7S. The number of benzene rings is 2. The Hall–Kier alpha value is -2.46. The Labute approximate surface area is 188 Å². The Balaban J connectivity index is 1.40. The van der Waals surface area contributed by atoms with Gasteiger partial charge in [0.25, 0.3) is 0 Å². The quantitative estimate of drug-likeness (QED) is 0.558. The normalized spacial score (nSPS) is 19.6. The number of carbonyl (C=O) groups excluding carboxylic acids is 1. The van der Waals surface area contributed by atoms with Crippen LogP contribution in [0.15, 0.2) is 53.4 Å². The van der Waals surface area contributed by atoms with Crippen LogP contribution in [0.3, 0.4) is 0 Å². The van der Waals surface area contributed by atoms with Crippen LogP contribution >= 0.6 is 0 Å². The highest BCUT2D eigenvalue weighted by Gasteiger charge is 2.26. The zero-order valence-electron chi connectivity index (χ0n) is 17.8. The number of rotatable bonds is 8. The summed E-state index contributed by atoms with van der Waals surface area (Å²) >= 11 is 0. The van der Waals surface area contributed by atoms with E-state index in [1.54, 1.807) is 42.5 Å². The first-order valence-corrected chi connectivity index (χ1v) is 12.2. The maximum Gasteiger partial charge on any atom is 0.342 e. The Morgan fingerprint density at radius 1 is 1.06 bits per heavy atom. The lowest BCUT2D eigenvalue weighted by Crippen LogP contribution is -2.40. The maximum absolute atomic E-state index is 12.9. The number of carbonyl (C=O) groups is 1. The van der Waals surface area contributed by atoms with Gasteiger partial charge in [0, 0.05) is 19.7 Å². The number of morpholine rings is 1. The summed E-state index contributed by atoms with van der Waals surface area (Å²) in [5, 5.41) is 0. The standard InChI is InChI=1S/C23H27NO7S/c25-23(21-8-1-2-9-22(21)30-17-19-6-4-12-29-19)31-16-18-5-3-7-20(15-18)32(26,27)24-10-13-28-14-11-24/h1-3,5,7-9,15,19H,4,6,10-14,16-17H2. The van der Waals surface area contributed by atoms with Crippen molar-refractivity contribution in [1.29, 1.82) is 0 Å². The van der Waals surface area contributed by atoms with Crippen LogP contribution in [0.25, 0.3) is 0 Å². The van der Waals surface area contributed by atoms with Crippen LogP contribution in [-0.2, 0) is 30.8 Å². The van der Waals surface area contributed by atoms with Gasteiger partial charge >= 0.3 is 5.97 Å². The average molecular weight is 462 g/mol. The van der Waals surface area contributed by atoms with Gasteiger partial charge in [0.1, 0.15) is 24.5 Å². The number of sulfonamides is 1. The van der Waals surface area contributed by atoms with Crippen LogP contribution in [0.1, 0.15) is 28.8 Å². The smallest absolute Gasteiger partial charge is 0.342 e. The summed E-state index contributed by atoms with van der Waals surface area (Å²) in [6.07, 6.45) is 1.99. The molecule has 2 saturated heterocycles. The van der Waals surface area contributed by atoms with E-state index in [0.717, 1.165) is 19.4 Å². The molecule has 0 saturated carbocycles. The second kappa shape index (κ2) is 10.4. The highest BCUT2D eigenvalue weighted by atomic mass is 32.2. The lowest BCUT2D eigenvalue weighted by atomic mass is 10.2. The molecular weight excluding hydrogens is 434 g/mol. The van der Waals surface area contributed by atoms with Gasteiger partial charge in [-0.1, -0.05) is 24.3 Å². The fourth-order valence-corrected chi connectivity index (χ4v) is 5.16. The number of ether oxygens (including phenoxy) is 4. The van der Waals surface area contributed by atoms with Crippen molar-refractivity contribution in [1.82, 2.24) is 4.31 Å². The monoisotopic (exact) mass is 461 g/mol. The molecule has 2 aliphatic heterocycles. The molecule has 0 aliphatic carbocycles. The summed E-state index contributed by atoms with van der Waals surface area (Å²) in [6.45, 7) is 2.47. The molecule has 1 atom stereocenters. The molecule has 2 aliphatic rings. The molecule has 2 fully saturated rings. The Morgan fingerprint density at radius 3 is 2.66 bits per heavy atom. The van der Waals surface area contributed by atoms with Gasteiger partial charge in [0.15, 0.2) is 0 Å². The van der Waals surface area contributed by atoms with E-state index in [4.69, 9.17) is 18.9 Å². The van der Waals surface area contributed by atoms with E-state index in [0.29, 0.717) is 49.8 Å². The minimum atomic E-state index is -3.62. The molecule has 4 rings (SSSR count). The van der Waals surface area contributed by atoms with Gasteiger partial charge in [-0.2, -0.15) is 4.31 Å². The Bertz CT molecular complexity index is 1030. The lowest BCUT2D eigenvalue weighted by molar-refractivity contribution is 0.0454. The molecule has 8 nitrogen and oxygen atoms in total. The van der Waals surface area contributed by atoms with E-state index >= 15 is 0 Å². The molecule has 1 unspecified atom stereocenters. The Morgan fingerprint density at radius 2 is 1.88 bits per heavy atom. The van der Waals surface area contributed by atoms with Gasteiger partial charge in [-0.3, -0.25) is 0 Å². The van der Waals surface area contributed by atoms with Crippen LogP contribution in [0.4, 0.5) is 0 Å². The second-order valence-electron chi connectivity index (χ2n) is 7.68. The number of hydrogen-bond donors (Lipinski definition) is 0. The summed E-state index contributed by atoms with van der Waals surface area (Å²) in [6, 6.07) is 13.4. The third-order valence-electron chi connectivity index (χ3n) is 5.43. The van der Waals surface area contributed by atoms with Crippen molar-refractivity contribution in [3.63, 3.8) is 0 Å². The summed E-state index contributed by atoms with van der Waals surface area (Å²) in [7, 11) is -3.62. The number of nitrogens with zero attached hydrogens (tertiary/aromatic N) is 1. The van der Waals surface area contributed by atoms with Gasteiger partial charge < -0.3 is 18.9 Å². The number of esters is 1. The van der Waals surface area contributed by atoms with Crippen molar-refractivity contribution >= 4 is 16.0 Å². The predicted octanol–water partition coefficient (Wildman–Crippen LogP) is 2.62. The van der Waals surface area contributed by atoms with Crippen molar-refractivity contribution in [3.05, 3.63) is 59.7 Å². The molecule has 9 heteroatoms. The van der Waals surface area contributed by atoms with E-state index in [1.807, 2.05) is 0 Å². The van der Waals surface area contributed by atoms with Gasteiger partial charge in [-0.05, 0) is 42.7 Å². The summed E-state index contributed by atoms with van der Waals surface area (Å²) in [5.74, 6) is -0.0916. The molecule has 0 bridgehead atoms. The summed E-state index contributed by atoms with van der Waals surface area (Å²) in [4.78, 5) is 12.9. The van der Waals surface area contributed by atoms with Gasteiger partial charge in [0.2, 0.25) is 10.0 Å². The van der Waals surface area contributed by atoms with E-state index in [1.165, 1.54) is 10.4 Å². The molecule has 0 spiro atoms. The van der Waals surface area contributed by atoms with Crippen molar-refractivity contribution in [2.45, 2.75) is 30.4 Å². The van der Waals surface area contributed by atoms with Crippen molar-refractivity contribution in [2.24, 2.45) is 0 Å². The highest BCUT2D eigenvalue weighted by Crippen LogP contribution is 2.23. The topological polar surface area (TPSA) is 91.4 Å². The molecule has 172 valence electrons. The highest BCUT2D eigenvalue weighted by molar-refractivity contribution is 7.89. The van der Waals surface area contributed by atoms with Gasteiger partial charge in [-0.15, -0.1) is 0 Å². The third-order valence-corrected chi connectivity index (χ3v) is 7.33. The zero-order valence-corrected chi connectivity index (χ0v) is 18.6. The first-order valence-electron chi connectivity index (χ1n) is 10.7. The van der Waals surface area contributed by atoms with Gasteiger partial charge in [0.05, 0.1) is 24.2 Å². The van der Waals surface area contributed by atoms with Crippen LogP contribution < -0.4 is 4.74 Å². The van der Waals surface area contributed by atoms with E-state index < -0.39 is 16.0 Å². The third kappa shape index (κ3) is 5.47. The minimum absolute atomic E-state index is 0.0373. The van der Waals surface area contributed by atoms with Crippen molar-refractivity contribution in [2.75, 3.05) is 39.5 Å². The maximum atomic E-state index is 12.9. The Kier molecular flexibility index (Phi) is 7.41. The first-order chi connectivity index (χ1) is 15.5. The molecule has 0 aromatic heterocycles. The summed E-state index contributed by atoms with van der Waals surface area (Å²) in [5.41, 5.74) is 0.910. The molecule has 2 aromatic carbocycles. The van der Waals surface area contributed by atoms with Crippen LogP contribution in [0, 0.1) is 0 Å². The van der Waals surface area contributed by atoms with Crippen molar-refractivity contribution in [3.8, 4) is 5.75 Å². The van der Waals surface area contributed by atoms with E-state index in [9.17, 15) is 13.2 Å². The molecule has 0 amide bonds. The fourth-order valence-electron chi connectivity index (χ4n) is 3.68. The molecule has 2 heterocycles. The van der Waals surface area contributed by atoms with Gasteiger partial charge in [-0.25, -0.2) is 13.2 Å². The zero-order chi connectivity index (χ0) is 22.4. The van der Waals surface area contributed by atoms with Crippen LogP contribution in [-0.4, -0.2) is 64.3 Å². The van der Waals surface area contributed by atoms with Crippen LogP contribution in [0.2, 0.25) is 0 Å².